The van der Waals surface area contributed by atoms with E-state index in [1.54, 1.807) is 0 Å². The van der Waals surface area contributed by atoms with Gasteiger partial charge in [-0.2, -0.15) is 0 Å². The van der Waals surface area contributed by atoms with Crippen LogP contribution >= 0.6 is 0 Å². The van der Waals surface area contributed by atoms with Gasteiger partial charge in [0, 0.05) is 6.61 Å². The smallest absolute Gasteiger partial charge is 0.0701 e. The van der Waals surface area contributed by atoms with Crippen molar-refractivity contribution in [3.05, 3.63) is 0 Å². The van der Waals surface area contributed by atoms with E-state index in [0.29, 0.717) is 59.5 Å². The molecule has 31 heavy (non-hydrogen) atoms. The molecule has 0 aromatic rings. The Balaban J connectivity index is 3.22. The summed E-state index contributed by atoms with van der Waals surface area (Å²) in [6.45, 7) is 15.1. The monoisotopic (exact) mass is 448 g/mol. The number of aliphatic hydroxyl groups is 1. The molecule has 0 aromatic carbocycles. The molecule has 2 unspecified atom stereocenters. The summed E-state index contributed by atoms with van der Waals surface area (Å²) in [7, 11) is 0. The largest absolute Gasteiger partial charge is 0.394 e. The van der Waals surface area contributed by atoms with Crippen molar-refractivity contribution in [3.63, 3.8) is 0 Å². The SMILES string of the molecule is CC(C)CCCC(C)CCCC(C)CCOCCOCCOCCOCCOCCO. The molecular weight excluding hydrogens is 396 g/mol. The Morgan fingerprint density at radius 2 is 0.806 bits per heavy atom. The summed E-state index contributed by atoms with van der Waals surface area (Å²) in [4.78, 5) is 0. The van der Waals surface area contributed by atoms with E-state index in [0.717, 1.165) is 30.8 Å². The number of aliphatic hydroxyl groups excluding tert-OH is 1. The maximum Gasteiger partial charge on any atom is 0.0701 e. The predicted octanol–water partition coefficient (Wildman–Crippen LogP) is 4.72. The molecule has 1 N–H and O–H groups in total. The molecule has 6 heteroatoms. The van der Waals surface area contributed by atoms with Crippen LogP contribution in [-0.4, -0.2) is 77.8 Å². The topological polar surface area (TPSA) is 66.4 Å². The van der Waals surface area contributed by atoms with Crippen LogP contribution in [0.4, 0.5) is 0 Å². The molecule has 0 fully saturated rings. The quantitative estimate of drug-likeness (QED) is 0.204. The van der Waals surface area contributed by atoms with E-state index in [1.165, 1.54) is 38.5 Å². The van der Waals surface area contributed by atoms with Crippen molar-refractivity contribution in [3.8, 4) is 0 Å². The number of rotatable bonds is 25. The first-order valence-electron chi connectivity index (χ1n) is 12.6. The summed E-state index contributed by atoms with van der Waals surface area (Å²) in [5.74, 6) is 2.44. The average Bonchev–Trinajstić information content (AvgIpc) is 2.73. The first-order chi connectivity index (χ1) is 15.1. The second-order valence-electron chi connectivity index (χ2n) is 9.04. The zero-order valence-electron chi connectivity index (χ0n) is 20.9. The molecule has 0 amide bonds. The average molecular weight is 449 g/mol. The fourth-order valence-electron chi connectivity index (χ4n) is 3.31. The van der Waals surface area contributed by atoms with Crippen LogP contribution in [0.1, 0.15) is 72.6 Å². The minimum atomic E-state index is 0.0472. The van der Waals surface area contributed by atoms with Gasteiger partial charge in [-0.3, -0.25) is 0 Å². The predicted molar refractivity (Wildman–Crippen MR) is 127 cm³/mol. The van der Waals surface area contributed by atoms with Crippen molar-refractivity contribution in [2.24, 2.45) is 17.8 Å². The molecule has 0 heterocycles. The van der Waals surface area contributed by atoms with Crippen molar-refractivity contribution < 1.29 is 28.8 Å². The first kappa shape index (κ1) is 30.8. The molecule has 0 aliphatic heterocycles. The van der Waals surface area contributed by atoms with Crippen LogP contribution in [0, 0.1) is 17.8 Å². The van der Waals surface area contributed by atoms with Crippen LogP contribution in [0.25, 0.3) is 0 Å². The van der Waals surface area contributed by atoms with Crippen molar-refractivity contribution in [2.75, 3.05) is 72.7 Å². The van der Waals surface area contributed by atoms with E-state index in [9.17, 15) is 0 Å². The van der Waals surface area contributed by atoms with E-state index < -0.39 is 0 Å². The van der Waals surface area contributed by atoms with Gasteiger partial charge in [0.2, 0.25) is 0 Å². The van der Waals surface area contributed by atoms with Gasteiger partial charge in [-0.25, -0.2) is 0 Å². The molecule has 2 atom stereocenters. The fraction of sp³-hybridized carbons (Fsp3) is 1.00. The highest BCUT2D eigenvalue weighted by atomic mass is 16.6. The van der Waals surface area contributed by atoms with Crippen LogP contribution < -0.4 is 0 Å². The Kier molecular flexibility index (Phi) is 24.2. The maximum atomic E-state index is 8.56. The minimum Gasteiger partial charge on any atom is -0.394 e. The molecule has 0 radical (unpaired) electrons. The van der Waals surface area contributed by atoms with Gasteiger partial charge in [-0.1, -0.05) is 66.2 Å². The summed E-state index contributed by atoms with van der Waals surface area (Å²) in [6.07, 6.45) is 9.29. The fourth-order valence-corrected chi connectivity index (χ4v) is 3.31. The van der Waals surface area contributed by atoms with Gasteiger partial charge < -0.3 is 28.8 Å². The lowest BCUT2D eigenvalue weighted by atomic mass is 9.93. The van der Waals surface area contributed by atoms with Crippen molar-refractivity contribution >= 4 is 0 Å². The molecule has 0 bridgehead atoms. The summed E-state index contributed by atoms with van der Waals surface area (Å²) in [5, 5.41) is 8.56. The second-order valence-corrected chi connectivity index (χ2v) is 9.04. The maximum absolute atomic E-state index is 8.56. The Morgan fingerprint density at radius 1 is 0.452 bits per heavy atom. The summed E-state index contributed by atoms with van der Waals surface area (Å²) < 4.78 is 27.1. The van der Waals surface area contributed by atoms with Crippen LogP contribution in [0.5, 0.6) is 0 Å². The third-order valence-electron chi connectivity index (χ3n) is 5.35. The standard InChI is InChI=1S/C25H52O6/c1-23(2)7-5-8-24(3)9-6-10-25(4)11-13-27-15-17-29-19-21-31-22-20-30-18-16-28-14-12-26/h23-26H,5-22H2,1-4H3. The summed E-state index contributed by atoms with van der Waals surface area (Å²) >= 11 is 0. The first-order valence-corrected chi connectivity index (χ1v) is 12.6. The zero-order valence-corrected chi connectivity index (χ0v) is 20.9. The van der Waals surface area contributed by atoms with Crippen LogP contribution in [0.3, 0.4) is 0 Å². The molecule has 188 valence electrons. The minimum absolute atomic E-state index is 0.0472. The van der Waals surface area contributed by atoms with Gasteiger partial charge in [0.1, 0.15) is 0 Å². The van der Waals surface area contributed by atoms with E-state index in [4.69, 9.17) is 28.8 Å². The molecule has 0 rings (SSSR count). The number of hydrogen-bond acceptors (Lipinski definition) is 6. The molecule has 6 nitrogen and oxygen atoms in total. The number of ether oxygens (including phenoxy) is 5. The lowest BCUT2D eigenvalue weighted by Gasteiger charge is -2.15. The highest BCUT2D eigenvalue weighted by molar-refractivity contribution is 4.59. The second kappa shape index (κ2) is 24.4. The Morgan fingerprint density at radius 3 is 1.23 bits per heavy atom. The lowest BCUT2D eigenvalue weighted by molar-refractivity contribution is -0.0138. The van der Waals surface area contributed by atoms with Crippen LogP contribution in [-0.2, 0) is 23.7 Å². The van der Waals surface area contributed by atoms with Gasteiger partial charge in [-0.15, -0.1) is 0 Å². The molecule has 0 saturated carbocycles. The van der Waals surface area contributed by atoms with Crippen LogP contribution in [0.15, 0.2) is 0 Å². The van der Waals surface area contributed by atoms with Crippen LogP contribution in [0.2, 0.25) is 0 Å². The van der Waals surface area contributed by atoms with E-state index in [1.807, 2.05) is 0 Å². The van der Waals surface area contributed by atoms with E-state index in [-0.39, 0.29) is 6.61 Å². The van der Waals surface area contributed by atoms with Crippen molar-refractivity contribution in [2.45, 2.75) is 72.6 Å². The Labute approximate surface area is 192 Å². The van der Waals surface area contributed by atoms with Crippen molar-refractivity contribution in [1.82, 2.24) is 0 Å². The van der Waals surface area contributed by atoms with Gasteiger partial charge in [0.05, 0.1) is 66.1 Å². The van der Waals surface area contributed by atoms with Gasteiger partial charge in [-0.05, 0) is 24.2 Å². The zero-order chi connectivity index (χ0) is 23.0. The molecular formula is C25H52O6. The highest BCUT2D eigenvalue weighted by Crippen LogP contribution is 2.20. The third-order valence-corrected chi connectivity index (χ3v) is 5.35. The van der Waals surface area contributed by atoms with E-state index in [2.05, 4.69) is 27.7 Å². The Bertz CT molecular complexity index is 340. The van der Waals surface area contributed by atoms with Gasteiger partial charge in [0.15, 0.2) is 0 Å². The molecule has 0 aliphatic carbocycles. The Hall–Kier alpha value is -0.240. The highest BCUT2D eigenvalue weighted by Gasteiger charge is 2.06. The molecule has 0 spiro atoms. The third kappa shape index (κ3) is 25.9. The molecule has 0 aromatic heterocycles. The van der Waals surface area contributed by atoms with Crippen molar-refractivity contribution in [1.29, 1.82) is 0 Å². The normalized spacial score (nSPS) is 13.7. The molecule has 0 saturated heterocycles. The summed E-state index contributed by atoms with van der Waals surface area (Å²) in [5.41, 5.74) is 0. The lowest BCUT2D eigenvalue weighted by Crippen LogP contribution is -2.14. The summed E-state index contributed by atoms with van der Waals surface area (Å²) in [6, 6.07) is 0. The van der Waals surface area contributed by atoms with E-state index >= 15 is 0 Å². The number of hydrogen-bond donors (Lipinski definition) is 1. The van der Waals surface area contributed by atoms with Gasteiger partial charge in [0.25, 0.3) is 0 Å². The van der Waals surface area contributed by atoms with Gasteiger partial charge >= 0.3 is 0 Å². The molecule has 0 aliphatic rings.